The van der Waals surface area contributed by atoms with Crippen molar-refractivity contribution in [1.82, 2.24) is 4.98 Å². The van der Waals surface area contributed by atoms with Gasteiger partial charge in [0, 0.05) is 22.5 Å². The molecule has 0 aliphatic rings. The number of nitrogens with zero attached hydrogens (tertiary/aromatic N) is 1. The number of methoxy groups -OCH3 is 2. The molecule has 0 bridgehead atoms. The van der Waals surface area contributed by atoms with Gasteiger partial charge in [-0.25, -0.2) is 9.78 Å². The zero-order chi connectivity index (χ0) is 20.2. The normalized spacial score (nSPS) is 10.6. The van der Waals surface area contributed by atoms with E-state index in [1.54, 1.807) is 50.7 Å². The lowest BCUT2D eigenvalue weighted by Crippen LogP contribution is -2.08. The lowest BCUT2D eigenvalue weighted by atomic mass is 9.99. The molecular weight excluding hydrogens is 366 g/mol. The highest BCUT2D eigenvalue weighted by molar-refractivity contribution is 6.04. The number of pyridine rings is 1. The molecule has 3 aromatic carbocycles. The van der Waals surface area contributed by atoms with Crippen molar-refractivity contribution in [2.75, 3.05) is 14.2 Å². The molecule has 0 amide bonds. The van der Waals surface area contributed by atoms with E-state index in [4.69, 9.17) is 14.2 Å². The van der Waals surface area contributed by atoms with Crippen LogP contribution < -0.4 is 14.2 Å². The van der Waals surface area contributed by atoms with Crippen molar-refractivity contribution in [2.24, 2.45) is 0 Å². The van der Waals surface area contributed by atoms with E-state index in [1.807, 2.05) is 42.5 Å². The minimum Gasteiger partial charge on any atom is -0.497 e. The third-order valence-electron chi connectivity index (χ3n) is 4.62. The van der Waals surface area contributed by atoms with Crippen LogP contribution >= 0.6 is 0 Å². The van der Waals surface area contributed by atoms with Gasteiger partial charge in [-0.1, -0.05) is 36.4 Å². The second-order valence-electron chi connectivity index (χ2n) is 6.35. The molecule has 29 heavy (non-hydrogen) atoms. The lowest BCUT2D eigenvalue weighted by Gasteiger charge is -2.14. The molecule has 5 nitrogen and oxygen atoms in total. The second kappa shape index (κ2) is 8.02. The largest absolute Gasteiger partial charge is 0.497 e. The van der Waals surface area contributed by atoms with E-state index in [0.717, 1.165) is 27.6 Å². The standard InChI is InChI=1S/C24H19NO4/c1-27-18-11-6-10-17(14-18)20-15-25-23(28-2)19-12-7-13-21(22(19)20)29-24(26)16-8-4-3-5-9-16/h3-15H,1-2H3. The van der Waals surface area contributed by atoms with Gasteiger partial charge in [0.2, 0.25) is 5.88 Å². The number of ether oxygens (including phenoxy) is 3. The van der Waals surface area contributed by atoms with Crippen LogP contribution in [0.25, 0.3) is 21.9 Å². The van der Waals surface area contributed by atoms with Gasteiger partial charge in [-0.2, -0.15) is 0 Å². The van der Waals surface area contributed by atoms with Crippen molar-refractivity contribution in [1.29, 1.82) is 0 Å². The minimum absolute atomic E-state index is 0.425. The van der Waals surface area contributed by atoms with E-state index in [0.29, 0.717) is 17.2 Å². The van der Waals surface area contributed by atoms with Gasteiger partial charge >= 0.3 is 5.97 Å². The number of aromatic nitrogens is 1. The Labute approximate surface area is 168 Å². The predicted molar refractivity (Wildman–Crippen MR) is 112 cm³/mol. The molecule has 4 rings (SSSR count). The summed E-state index contributed by atoms with van der Waals surface area (Å²) < 4.78 is 16.6. The SMILES string of the molecule is COc1cccc(-c2cnc(OC)c3cccc(OC(=O)c4ccccc4)c23)c1. The van der Waals surface area contributed by atoms with Gasteiger partial charge in [-0.15, -0.1) is 0 Å². The molecule has 0 aliphatic carbocycles. The molecule has 4 aromatic rings. The smallest absolute Gasteiger partial charge is 0.343 e. The van der Waals surface area contributed by atoms with Gasteiger partial charge in [-0.05, 0) is 42.0 Å². The summed E-state index contributed by atoms with van der Waals surface area (Å²) in [6, 6.07) is 22.0. The fourth-order valence-electron chi connectivity index (χ4n) is 3.23. The van der Waals surface area contributed by atoms with E-state index >= 15 is 0 Å². The topological polar surface area (TPSA) is 57.6 Å². The number of carbonyl (C=O) groups excluding carboxylic acids is 1. The highest BCUT2D eigenvalue weighted by atomic mass is 16.5. The first-order chi connectivity index (χ1) is 14.2. The van der Waals surface area contributed by atoms with Gasteiger partial charge in [0.05, 0.1) is 19.8 Å². The van der Waals surface area contributed by atoms with Crippen molar-refractivity contribution < 1.29 is 19.0 Å². The molecule has 0 fully saturated rings. The Morgan fingerprint density at radius 1 is 0.862 bits per heavy atom. The Balaban J connectivity index is 1.89. The zero-order valence-corrected chi connectivity index (χ0v) is 16.1. The molecule has 1 heterocycles. The summed E-state index contributed by atoms with van der Waals surface area (Å²) in [6.07, 6.45) is 1.72. The summed E-state index contributed by atoms with van der Waals surface area (Å²) in [5.74, 6) is 1.20. The summed E-state index contributed by atoms with van der Waals surface area (Å²) in [6.45, 7) is 0. The summed E-state index contributed by atoms with van der Waals surface area (Å²) in [7, 11) is 3.19. The average molecular weight is 385 g/mol. The first kappa shape index (κ1) is 18.5. The predicted octanol–water partition coefficient (Wildman–Crippen LogP) is 5.14. The maximum atomic E-state index is 12.7. The summed E-state index contributed by atoms with van der Waals surface area (Å²) >= 11 is 0. The molecule has 0 saturated carbocycles. The number of esters is 1. The van der Waals surface area contributed by atoms with Crippen LogP contribution in [0, 0.1) is 0 Å². The molecule has 1 aromatic heterocycles. The van der Waals surface area contributed by atoms with E-state index < -0.39 is 5.97 Å². The highest BCUT2D eigenvalue weighted by Crippen LogP contribution is 2.39. The number of hydrogen-bond donors (Lipinski definition) is 0. The van der Waals surface area contributed by atoms with Crippen molar-refractivity contribution in [3.8, 4) is 28.5 Å². The molecule has 0 aliphatic heterocycles. The van der Waals surface area contributed by atoms with Gasteiger partial charge < -0.3 is 14.2 Å². The number of carbonyl (C=O) groups is 1. The first-order valence-corrected chi connectivity index (χ1v) is 9.08. The Morgan fingerprint density at radius 3 is 2.41 bits per heavy atom. The van der Waals surface area contributed by atoms with Crippen LogP contribution in [0.5, 0.6) is 17.4 Å². The minimum atomic E-state index is -0.425. The van der Waals surface area contributed by atoms with Crippen LogP contribution in [-0.4, -0.2) is 25.2 Å². The summed E-state index contributed by atoms with van der Waals surface area (Å²) in [5.41, 5.74) is 2.19. The fourth-order valence-corrected chi connectivity index (χ4v) is 3.23. The Bertz CT molecular complexity index is 1170. The van der Waals surface area contributed by atoms with Gasteiger partial charge in [-0.3, -0.25) is 0 Å². The number of fused-ring (bicyclic) bond motifs is 1. The Kier molecular flexibility index (Phi) is 5.12. The van der Waals surface area contributed by atoms with Crippen molar-refractivity contribution in [2.45, 2.75) is 0 Å². The molecule has 0 saturated heterocycles. The molecule has 144 valence electrons. The highest BCUT2D eigenvalue weighted by Gasteiger charge is 2.17. The lowest BCUT2D eigenvalue weighted by molar-refractivity contribution is 0.0737. The summed E-state index contributed by atoms with van der Waals surface area (Å²) in [4.78, 5) is 17.1. The first-order valence-electron chi connectivity index (χ1n) is 9.08. The molecule has 5 heteroatoms. The monoisotopic (exact) mass is 385 g/mol. The van der Waals surface area contributed by atoms with Crippen LogP contribution in [0.1, 0.15) is 10.4 Å². The van der Waals surface area contributed by atoms with Gasteiger partial charge in [0.15, 0.2) is 0 Å². The molecule has 0 N–H and O–H groups in total. The van der Waals surface area contributed by atoms with Crippen LogP contribution in [0.15, 0.2) is 79.0 Å². The Hall–Kier alpha value is -3.86. The van der Waals surface area contributed by atoms with E-state index in [9.17, 15) is 4.79 Å². The third kappa shape index (κ3) is 3.62. The van der Waals surface area contributed by atoms with Crippen molar-refractivity contribution in [3.05, 3.63) is 84.6 Å². The quantitative estimate of drug-likeness (QED) is 0.352. The molecule has 0 unspecified atom stereocenters. The van der Waals surface area contributed by atoms with Gasteiger partial charge in [0.1, 0.15) is 11.5 Å². The van der Waals surface area contributed by atoms with E-state index in [2.05, 4.69) is 4.98 Å². The maximum Gasteiger partial charge on any atom is 0.343 e. The zero-order valence-electron chi connectivity index (χ0n) is 16.1. The van der Waals surface area contributed by atoms with Crippen LogP contribution in [0.3, 0.4) is 0 Å². The number of rotatable bonds is 5. The maximum absolute atomic E-state index is 12.7. The van der Waals surface area contributed by atoms with Crippen LogP contribution in [-0.2, 0) is 0 Å². The fraction of sp³-hybridized carbons (Fsp3) is 0.0833. The summed E-state index contributed by atoms with van der Waals surface area (Å²) in [5, 5.41) is 1.50. The van der Waals surface area contributed by atoms with E-state index in [-0.39, 0.29) is 0 Å². The number of hydrogen-bond acceptors (Lipinski definition) is 5. The molecule has 0 radical (unpaired) electrons. The number of benzene rings is 3. The average Bonchev–Trinajstić information content (AvgIpc) is 2.79. The van der Waals surface area contributed by atoms with Crippen molar-refractivity contribution >= 4 is 16.7 Å². The van der Waals surface area contributed by atoms with Gasteiger partial charge in [0.25, 0.3) is 0 Å². The second-order valence-corrected chi connectivity index (χ2v) is 6.35. The van der Waals surface area contributed by atoms with Crippen LogP contribution in [0.4, 0.5) is 0 Å². The third-order valence-corrected chi connectivity index (χ3v) is 4.62. The van der Waals surface area contributed by atoms with E-state index in [1.165, 1.54) is 0 Å². The Morgan fingerprint density at radius 2 is 1.66 bits per heavy atom. The molecule has 0 spiro atoms. The molecular formula is C24H19NO4. The van der Waals surface area contributed by atoms with Crippen LogP contribution in [0.2, 0.25) is 0 Å². The molecule has 0 atom stereocenters. The van der Waals surface area contributed by atoms with Crippen molar-refractivity contribution in [3.63, 3.8) is 0 Å².